The van der Waals surface area contributed by atoms with Gasteiger partial charge in [-0.3, -0.25) is 9.59 Å². The van der Waals surface area contributed by atoms with Crippen molar-refractivity contribution in [2.45, 2.75) is 144 Å². The minimum Gasteiger partial charge on any atom is -0.294 e. The number of allylic oxidation sites excluding steroid dienone is 4. The molecular weight excluding hydrogens is 502 g/mol. The highest BCUT2D eigenvalue weighted by Crippen LogP contribution is 3.10. The van der Waals surface area contributed by atoms with Gasteiger partial charge in [-0.2, -0.15) is 0 Å². The number of hydrogen-bond donors (Lipinski definition) is 0. The fourth-order valence-corrected chi connectivity index (χ4v) is 21.5. The summed E-state index contributed by atoms with van der Waals surface area (Å²) in [4.78, 5) is 29.5. The van der Waals surface area contributed by atoms with E-state index < -0.39 is 15.8 Å². The van der Waals surface area contributed by atoms with Crippen molar-refractivity contribution in [3.05, 3.63) is 22.3 Å². The van der Waals surface area contributed by atoms with Crippen molar-refractivity contribution in [1.29, 1.82) is 0 Å². The predicted octanol–water partition coefficient (Wildman–Crippen LogP) is 10.6. The molecule has 5 aliphatic rings. The van der Waals surface area contributed by atoms with Gasteiger partial charge in [0.1, 0.15) is 0 Å². The molecule has 2 saturated carbocycles. The molecule has 5 rings (SSSR count). The van der Waals surface area contributed by atoms with Gasteiger partial charge in [0, 0.05) is 27.7 Å². The lowest BCUT2D eigenvalue weighted by molar-refractivity contribution is -0.115. The van der Waals surface area contributed by atoms with Crippen molar-refractivity contribution in [1.82, 2.24) is 0 Å². The van der Waals surface area contributed by atoms with Crippen LogP contribution < -0.4 is 0 Å². The maximum Gasteiger partial charge on any atom is 0.160 e. The molecule has 0 radical (unpaired) electrons. The smallest absolute Gasteiger partial charge is 0.160 e. The third kappa shape index (κ3) is 3.84. The van der Waals surface area contributed by atoms with E-state index in [1.807, 2.05) is 0 Å². The Morgan fingerprint density at radius 1 is 0.500 bits per heavy atom. The lowest BCUT2D eigenvalue weighted by Crippen LogP contribution is -2.49. The molecule has 0 amide bonds. The highest BCUT2D eigenvalue weighted by molar-refractivity contribution is 8.10. The van der Waals surface area contributed by atoms with Crippen LogP contribution >= 0.6 is 15.8 Å². The molecule has 4 aliphatic carbocycles. The summed E-state index contributed by atoms with van der Waals surface area (Å²) in [5, 5.41) is 0. The van der Waals surface area contributed by atoms with Crippen LogP contribution in [0.1, 0.15) is 134 Å². The number of hydrogen-bond acceptors (Lipinski definition) is 2. The number of carbonyl (C=O) groups excluding carboxylic acids is 2. The Balaban J connectivity index is 1.77. The maximum atomic E-state index is 15.0. The maximum absolute atomic E-state index is 15.0. The van der Waals surface area contributed by atoms with E-state index in [1.165, 1.54) is 48.0 Å². The van der Waals surface area contributed by atoms with Gasteiger partial charge >= 0.3 is 0 Å². The molecule has 3 fully saturated rings. The molecule has 38 heavy (non-hydrogen) atoms. The van der Waals surface area contributed by atoms with Crippen molar-refractivity contribution in [2.75, 3.05) is 0 Å². The fourth-order valence-electron chi connectivity index (χ4n) is 8.98. The Morgan fingerprint density at radius 2 is 0.711 bits per heavy atom. The molecule has 4 heteroatoms. The molecule has 1 saturated heterocycles. The molecule has 212 valence electrons. The summed E-state index contributed by atoms with van der Waals surface area (Å²) in [6.45, 7) is 28.2. The minimum atomic E-state index is -1.01. The molecule has 0 atom stereocenters. The zero-order chi connectivity index (χ0) is 28.4. The van der Waals surface area contributed by atoms with Crippen molar-refractivity contribution >= 4 is 26.9 Å². The topological polar surface area (TPSA) is 34.1 Å². The second kappa shape index (κ2) is 8.60. The highest BCUT2D eigenvalue weighted by atomic mass is 31.2. The molecule has 2 nitrogen and oxygen atoms in total. The van der Waals surface area contributed by atoms with Gasteiger partial charge in [0.25, 0.3) is 0 Å². The Bertz CT molecular complexity index is 963. The fraction of sp³-hybridized carbons (Fsp3) is 0.824. The van der Waals surface area contributed by atoms with Crippen LogP contribution in [0, 0.1) is 33.5 Å². The summed E-state index contributed by atoms with van der Waals surface area (Å²) in [6.07, 6.45) is 8.99. The molecular formula is C34H54O2P2. The normalized spacial score (nSPS) is 29.5. The SMILES string of the molecule is CC(C)(C)C1=C(C(C)(C)C)C12P(C(=O)C1CCCC1)C1(C(C(C)(C)C)=C1C(C)(C)C)P2C(=O)C1CCCC1. The monoisotopic (exact) mass is 556 g/mol. The van der Waals surface area contributed by atoms with E-state index in [0.717, 1.165) is 25.7 Å². The summed E-state index contributed by atoms with van der Waals surface area (Å²) < 4.78 is 0. The van der Waals surface area contributed by atoms with Crippen molar-refractivity contribution < 1.29 is 9.59 Å². The highest BCUT2D eigenvalue weighted by Gasteiger charge is 2.91. The Labute approximate surface area is 236 Å². The van der Waals surface area contributed by atoms with Gasteiger partial charge in [-0.1, -0.05) is 109 Å². The van der Waals surface area contributed by atoms with Gasteiger partial charge in [0.2, 0.25) is 0 Å². The van der Waals surface area contributed by atoms with Crippen LogP contribution in [-0.4, -0.2) is 20.8 Å². The predicted molar refractivity (Wildman–Crippen MR) is 165 cm³/mol. The van der Waals surface area contributed by atoms with E-state index in [-0.39, 0.29) is 43.3 Å². The van der Waals surface area contributed by atoms with E-state index in [9.17, 15) is 9.59 Å². The third-order valence-electron chi connectivity index (χ3n) is 9.91. The first-order valence-electron chi connectivity index (χ1n) is 15.5. The summed E-state index contributed by atoms with van der Waals surface area (Å²) in [7, 11) is -2.03. The van der Waals surface area contributed by atoms with Gasteiger partial charge in [0.15, 0.2) is 11.0 Å². The van der Waals surface area contributed by atoms with Crippen LogP contribution in [0.2, 0.25) is 0 Å². The van der Waals surface area contributed by atoms with E-state index in [0.29, 0.717) is 11.0 Å². The van der Waals surface area contributed by atoms with Crippen LogP contribution in [-0.2, 0) is 9.59 Å². The van der Waals surface area contributed by atoms with E-state index in [4.69, 9.17) is 0 Å². The Morgan fingerprint density at radius 3 is 0.895 bits per heavy atom. The minimum absolute atomic E-state index is 0.0179. The van der Waals surface area contributed by atoms with Crippen LogP contribution in [0.3, 0.4) is 0 Å². The second-order valence-corrected chi connectivity index (χ2v) is 22.8. The summed E-state index contributed by atoms with van der Waals surface area (Å²) in [5.74, 6) is 0.416. The summed E-state index contributed by atoms with van der Waals surface area (Å²) >= 11 is 0. The van der Waals surface area contributed by atoms with Gasteiger partial charge in [-0.25, -0.2) is 0 Å². The van der Waals surface area contributed by atoms with Crippen LogP contribution in [0.5, 0.6) is 0 Å². The van der Waals surface area contributed by atoms with Crippen LogP contribution in [0.25, 0.3) is 0 Å². The molecule has 2 spiro atoms. The lowest BCUT2D eigenvalue weighted by atomic mass is 9.89. The Kier molecular flexibility index (Phi) is 6.61. The molecule has 0 aromatic rings. The largest absolute Gasteiger partial charge is 0.294 e. The molecule has 0 aromatic heterocycles. The molecule has 0 unspecified atom stereocenters. The molecule has 1 aliphatic heterocycles. The first-order chi connectivity index (χ1) is 17.3. The van der Waals surface area contributed by atoms with E-state index in [1.54, 1.807) is 0 Å². The van der Waals surface area contributed by atoms with Gasteiger partial charge in [0.05, 0.1) is 9.79 Å². The van der Waals surface area contributed by atoms with Gasteiger partial charge in [-0.05, 0) is 69.6 Å². The number of rotatable bonds is 4. The van der Waals surface area contributed by atoms with E-state index >= 15 is 0 Å². The summed E-state index contributed by atoms with van der Waals surface area (Å²) in [5.41, 5.74) is 7.17. The molecule has 0 aromatic carbocycles. The Hall–Kier alpha value is -0.320. The van der Waals surface area contributed by atoms with Gasteiger partial charge in [-0.15, -0.1) is 0 Å². The number of carbonyl (C=O) groups is 2. The quantitative estimate of drug-likeness (QED) is 0.255. The standard InChI is InChI=1S/C34H54O2P2/c1-29(2,3)23-24(30(4,5)6)33(23)37(27(35)21-17-13-14-18-21)34(38(33)28(36)22-19-15-16-20-22)25(31(7,8)9)26(34)32(10,11)12/h21-22H,13-20H2,1-12H3. The average molecular weight is 557 g/mol. The van der Waals surface area contributed by atoms with Crippen molar-refractivity contribution in [3.63, 3.8) is 0 Å². The van der Waals surface area contributed by atoms with E-state index in [2.05, 4.69) is 83.1 Å². The van der Waals surface area contributed by atoms with Crippen molar-refractivity contribution in [2.24, 2.45) is 33.5 Å². The lowest BCUT2D eigenvalue weighted by Gasteiger charge is -2.61. The van der Waals surface area contributed by atoms with Gasteiger partial charge < -0.3 is 0 Å². The van der Waals surface area contributed by atoms with Crippen molar-refractivity contribution in [3.8, 4) is 0 Å². The average Bonchev–Trinajstić information content (AvgIpc) is 3.40. The first kappa shape index (κ1) is 29.2. The zero-order valence-corrected chi connectivity index (χ0v) is 28.3. The second-order valence-electron chi connectivity index (χ2n) is 17.2. The molecule has 0 bridgehead atoms. The zero-order valence-electron chi connectivity index (χ0n) is 26.5. The van der Waals surface area contributed by atoms with Crippen LogP contribution in [0.4, 0.5) is 0 Å². The molecule has 1 heterocycles. The third-order valence-corrected chi connectivity index (χ3v) is 18.3. The first-order valence-corrected chi connectivity index (χ1v) is 18.1. The van der Waals surface area contributed by atoms with Crippen LogP contribution in [0.15, 0.2) is 22.3 Å². The summed E-state index contributed by atoms with van der Waals surface area (Å²) in [6, 6.07) is 0. The molecule has 0 N–H and O–H groups in total.